The molecular formula is C17H21F3N2O2. The molecule has 1 aromatic rings. The van der Waals surface area contributed by atoms with Gasteiger partial charge in [0.25, 0.3) is 0 Å². The van der Waals surface area contributed by atoms with Crippen LogP contribution in [0.4, 0.5) is 13.2 Å². The Morgan fingerprint density at radius 2 is 2.00 bits per heavy atom. The van der Waals surface area contributed by atoms with Crippen LogP contribution in [0.3, 0.4) is 0 Å². The number of carbonyl (C=O) groups is 2. The van der Waals surface area contributed by atoms with Crippen molar-refractivity contribution in [3.63, 3.8) is 0 Å². The van der Waals surface area contributed by atoms with Crippen LogP contribution in [-0.4, -0.2) is 36.3 Å². The van der Waals surface area contributed by atoms with Gasteiger partial charge in [0.1, 0.15) is 0 Å². The summed E-state index contributed by atoms with van der Waals surface area (Å²) in [6.07, 6.45) is -0.858. The molecule has 0 atom stereocenters. The van der Waals surface area contributed by atoms with E-state index in [-0.39, 0.29) is 24.9 Å². The monoisotopic (exact) mass is 342 g/mol. The molecular weight excluding hydrogens is 321 g/mol. The van der Waals surface area contributed by atoms with Crippen molar-refractivity contribution in [3.05, 3.63) is 35.4 Å². The average molecular weight is 342 g/mol. The highest BCUT2D eigenvalue weighted by molar-refractivity contribution is 5.84. The number of hydrogen-bond acceptors (Lipinski definition) is 2. The van der Waals surface area contributed by atoms with E-state index in [4.69, 9.17) is 0 Å². The van der Waals surface area contributed by atoms with Crippen LogP contribution in [0, 0.1) is 0 Å². The van der Waals surface area contributed by atoms with Crippen LogP contribution in [0.15, 0.2) is 24.3 Å². The van der Waals surface area contributed by atoms with Crippen LogP contribution in [0.1, 0.15) is 36.8 Å². The molecule has 2 amide bonds. The van der Waals surface area contributed by atoms with E-state index in [0.29, 0.717) is 24.9 Å². The van der Waals surface area contributed by atoms with Crippen molar-refractivity contribution in [2.75, 3.05) is 19.6 Å². The van der Waals surface area contributed by atoms with Gasteiger partial charge in [0, 0.05) is 19.5 Å². The summed E-state index contributed by atoms with van der Waals surface area (Å²) in [5, 5.41) is 2.66. The Bertz CT molecular complexity index is 587. The van der Waals surface area contributed by atoms with Gasteiger partial charge in [-0.15, -0.1) is 0 Å². The molecule has 7 heteroatoms. The summed E-state index contributed by atoms with van der Waals surface area (Å²) in [5.74, 6) is -0.294. The van der Waals surface area contributed by atoms with Gasteiger partial charge < -0.3 is 10.2 Å². The van der Waals surface area contributed by atoms with Gasteiger partial charge in [0.05, 0.1) is 12.1 Å². The van der Waals surface area contributed by atoms with Gasteiger partial charge in [-0.05, 0) is 30.9 Å². The topological polar surface area (TPSA) is 49.4 Å². The van der Waals surface area contributed by atoms with Crippen molar-refractivity contribution >= 4 is 11.8 Å². The van der Waals surface area contributed by atoms with Gasteiger partial charge in [0.15, 0.2) is 0 Å². The van der Waals surface area contributed by atoms with Crippen molar-refractivity contribution in [1.29, 1.82) is 0 Å². The first kappa shape index (κ1) is 18.3. The number of carbonyl (C=O) groups excluding carboxylic acids is 2. The molecule has 132 valence electrons. The largest absolute Gasteiger partial charge is 0.416 e. The molecule has 1 aliphatic rings. The molecule has 0 radical (unpaired) electrons. The standard InChI is InChI=1S/C17H21F3N2O2/c18-17(19,20)14-6-4-5-13(11-14)8-9-21-15(23)12-22-10-3-1-2-7-16(22)24/h4-6,11H,1-3,7-10,12H2,(H,21,23). The smallest absolute Gasteiger partial charge is 0.354 e. The minimum Gasteiger partial charge on any atom is -0.354 e. The molecule has 0 bridgehead atoms. The summed E-state index contributed by atoms with van der Waals surface area (Å²) in [4.78, 5) is 25.3. The van der Waals surface area contributed by atoms with E-state index in [1.165, 1.54) is 6.07 Å². The average Bonchev–Trinajstić information content (AvgIpc) is 2.72. The fraction of sp³-hybridized carbons (Fsp3) is 0.529. The summed E-state index contributed by atoms with van der Waals surface area (Å²) < 4.78 is 37.9. The molecule has 1 aliphatic heterocycles. The maximum Gasteiger partial charge on any atom is 0.416 e. The van der Waals surface area contributed by atoms with Crippen molar-refractivity contribution in [3.8, 4) is 0 Å². The minimum absolute atomic E-state index is 0.0134. The number of alkyl halides is 3. The number of amides is 2. The highest BCUT2D eigenvalue weighted by Crippen LogP contribution is 2.29. The molecule has 1 fully saturated rings. The summed E-state index contributed by atoms with van der Waals surface area (Å²) in [5.41, 5.74) is -0.183. The Labute approximate surface area is 139 Å². The molecule has 4 nitrogen and oxygen atoms in total. The van der Waals surface area contributed by atoms with Crippen LogP contribution >= 0.6 is 0 Å². The van der Waals surface area contributed by atoms with E-state index in [0.717, 1.165) is 31.4 Å². The Balaban J connectivity index is 1.79. The predicted octanol–water partition coefficient (Wildman–Crippen LogP) is 2.77. The van der Waals surface area contributed by atoms with Crippen LogP contribution in [0.5, 0.6) is 0 Å². The van der Waals surface area contributed by atoms with Crippen LogP contribution in [0.25, 0.3) is 0 Å². The number of hydrogen-bond donors (Lipinski definition) is 1. The lowest BCUT2D eigenvalue weighted by Crippen LogP contribution is -2.41. The Kier molecular flexibility index (Phi) is 6.23. The fourth-order valence-electron chi connectivity index (χ4n) is 2.68. The van der Waals surface area contributed by atoms with Gasteiger partial charge in [-0.1, -0.05) is 24.6 Å². The van der Waals surface area contributed by atoms with E-state index in [9.17, 15) is 22.8 Å². The maximum atomic E-state index is 12.6. The van der Waals surface area contributed by atoms with E-state index >= 15 is 0 Å². The van der Waals surface area contributed by atoms with E-state index < -0.39 is 11.7 Å². The first-order valence-electron chi connectivity index (χ1n) is 8.07. The Hall–Kier alpha value is -2.05. The lowest BCUT2D eigenvalue weighted by Gasteiger charge is -2.19. The van der Waals surface area contributed by atoms with Crippen molar-refractivity contribution in [2.45, 2.75) is 38.3 Å². The van der Waals surface area contributed by atoms with E-state index in [1.807, 2.05) is 0 Å². The molecule has 24 heavy (non-hydrogen) atoms. The quantitative estimate of drug-likeness (QED) is 0.895. The third kappa shape index (κ3) is 5.54. The van der Waals surface area contributed by atoms with Crippen LogP contribution < -0.4 is 5.32 Å². The zero-order valence-corrected chi connectivity index (χ0v) is 13.4. The highest BCUT2D eigenvalue weighted by atomic mass is 19.4. The number of nitrogens with one attached hydrogen (secondary N) is 1. The minimum atomic E-state index is -4.37. The molecule has 0 saturated carbocycles. The maximum absolute atomic E-state index is 12.6. The fourth-order valence-corrected chi connectivity index (χ4v) is 2.68. The normalized spacial score (nSPS) is 16.0. The third-order valence-corrected chi connectivity index (χ3v) is 4.00. The molecule has 1 N–H and O–H groups in total. The number of benzene rings is 1. The second-order valence-corrected chi connectivity index (χ2v) is 5.92. The second-order valence-electron chi connectivity index (χ2n) is 5.92. The summed E-state index contributed by atoms with van der Waals surface area (Å²) in [7, 11) is 0. The molecule has 1 saturated heterocycles. The van der Waals surface area contributed by atoms with Gasteiger partial charge in [-0.2, -0.15) is 13.2 Å². The van der Waals surface area contributed by atoms with Crippen molar-refractivity contribution in [1.82, 2.24) is 10.2 Å². The molecule has 1 aromatic carbocycles. The Morgan fingerprint density at radius 3 is 2.75 bits per heavy atom. The Morgan fingerprint density at radius 1 is 1.21 bits per heavy atom. The number of nitrogens with zero attached hydrogens (tertiary/aromatic N) is 1. The summed E-state index contributed by atoms with van der Waals surface area (Å²) in [6, 6.07) is 5.06. The molecule has 1 heterocycles. The van der Waals surface area contributed by atoms with Crippen LogP contribution in [-0.2, 0) is 22.2 Å². The van der Waals surface area contributed by atoms with Gasteiger partial charge >= 0.3 is 6.18 Å². The van der Waals surface area contributed by atoms with Gasteiger partial charge in [0.2, 0.25) is 11.8 Å². The first-order chi connectivity index (χ1) is 11.4. The van der Waals surface area contributed by atoms with Gasteiger partial charge in [-0.3, -0.25) is 9.59 Å². The zero-order valence-electron chi connectivity index (χ0n) is 13.4. The second kappa shape index (κ2) is 8.17. The molecule has 2 rings (SSSR count). The lowest BCUT2D eigenvalue weighted by atomic mass is 10.1. The zero-order chi connectivity index (χ0) is 17.6. The molecule has 0 aromatic heterocycles. The van der Waals surface area contributed by atoms with Crippen molar-refractivity contribution in [2.24, 2.45) is 0 Å². The summed E-state index contributed by atoms with van der Waals surface area (Å²) >= 11 is 0. The first-order valence-corrected chi connectivity index (χ1v) is 8.07. The number of halogens is 3. The lowest BCUT2D eigenvalue weighted by molar-refractivity contribution is -0.137. The number of likely N-dealkylation sites (tertiary alicyclic amines) is 1. The number of rotatable bonds is 5. The molecule has 0 unspecified atom stereocenters. The summed E-state index contributed by atoms with van der Waals surface area (Å²) in [6.45, 7) is 0.837. The SMILES string of the molecule is O=C(CN1CCCCCC1=O)NCCc1cccc(C(F)(F)F)c1. The van der Waals surface area contributed by atoms with Crippen molar-refractivity contribution < 1.29 is 22.8 Å². The molecule has 0 spiro atoms. The predicted molar refractivity (Wildman–Crippen MR) is 83.2 cm³/mol. The van der Waals surface area contributed by atoms with E-state index in [2.05, 4.69) is 5.32 Å². The third-order valence-electron chi connectivity index (χ3n) is 4.00. The van der Waals surface area contributed by atoms with Gasteiger partial charge in [-0.25, -0.2) is 0 Å². The van der Waals surface area contributed by atoms with Crippen LogP contribution in [0.2, 0.25) is 0 Å². The van der Waals surface area contributed by atoms with E-state index in [1.54, 1.807) is 11.0 Å². The highest BCUT2D eigenvalue weighted by Gasteiger charge is 2.30. The molecule has 0 aliphatic carbocycles.